The van der Waals surface area contributed by atoms with Gasteiger partial charge in [0.1, 0.15) is 11.7 Å². The number of hydrogen-bond acceptors (Lipinski definition) is 5. The van der Waals surface area contributed by atoms with Crippen molar-refractivity contribution in [2.24, 2.45) is 0 Å². The molecular formula is C24H29N4O4Re-. The van der Waals surface area contributed by atoms with E-state index in [1.807, 2.05) is 35.2 Å². The van der Waals surface area contributed by atoms with Crippen molar-refractivity contribution in [1.29, 1.82) is 0 Å². The standard InChI is InChI=1S/C23H26N4O4.CH3.Re/c1-31-21-19-23(30)27-12-16-9-5-6-10-26(16)18(27)14-25(19)13-17(20(21)28)22(29)24-11-15-7-3-2-4-8-15;;/h2-4,7-8,13,16,18H,5-6,9-12,14H2,1H3,(H,24,29);1H3;/q;-1;/t16-,18-;;/m1../s1. The van der Waals surface area contributed by atoms with Crippen LogP contribution in [0.1, 0.15) is 45.7 Å². The maximum Gasteiger partial charge on any atom is 0.275 e. The van der Waals surface area contributed by atoms with Crippen LogP contribution in [0.15, 0.2) is 41.3 Å². The third-order valence-electron chi connectivity index (χ3n) is 6.63. The van der Waals surface area contributed by atoms with Crippen molar-refractivity contribution in [1.82, 2.24) is 19.7 Å². The molecule has 2 saturated heterocycles. The molecule has 2 aromatic rings. The van der Waals surface area contributed by atoms with Crippen LogP contribution >= 0.6 is 0 Å². The minimum Gasteiger partial charge on any atom is -0.491 e. The van der Waals surface area contributed by atoms with E-state index in [0.29, 0.717) is 25.7 Å². The second kappa shape index (κ2) is 10.2. The number of ether oxygens (including phenoxy) is 1. The van der Waals surface area contributed by atoms with Gasteiger partial charge in [-0.25, -0.2) is 0 Å². The zero-order valence-electron chi connectivity index (χ0n) is 18.9. The maximum atomic E-state index is 13.3. The molecule has 5 rings (SSSR count). The van der Waals surface area contributed by atoms with Gasteiger partial charge >= 0.3 is 0 Å². The van der Waals surface area contributed by atoms with Crippen molar-refractivity contribution in [3.8, 4) is 5.75 Å². The summed E-state index contributed by atoms with van der Waals surface area (Å²) < 4.78 is 7.09. The number of aromatic nitrogens is 1. The molecule has 0 unspecified atom stereocenters. The first-order valence-electron chi connectivity index (χ1n) is 10.8. The minimum absolute atomic E-state index is 0. The molecule has 177 valence electrons. The quantitative estimate of drug-likeness (QED) is 0.527. The molecule has 2 fully saturated rings. The first kappa shape index (κ1) is 25.2. The van der Waals surface area contributed by atoms with Gasteiger partial charge in [0.05, 0.1) is 13.7 Å². The van der Waals surface area contributed by atoms with Crippen molar-refractivity contribution in [2.75, 3.05) is 20.2 Å². The number of methoxy groups -OCH3 is 1. The Bertz CT molecular complexity index is 1090. The van der Waals surface area contributed by atoms with Gasteiger partial charge in [0.15, 0.2) is 11.4 Å². The number of rotatable bonds is 4. The van der Waals surface area contributed by atoms with Crippen molar-refractivity contribution in [3.63, 3.8) is 0 Å². The van der Waals surface area contributed by atoms with Crippen LogP contribution in [0.4, 0.5) is 0 Å². The number of carbonyl (C=O) groups excluding carboxylic acids is 2. The molecule has 9 heteroatoms. The summed E-state index contributed by atoms with van der Waals surface area (Å²) in [4.78, 5) is 43.5. The van der Waals surface area contributed by atoms with E-state index in [0.717, 1.165) is 24.9 Å². The molecule has 3 aliphatic heterocycles. The summed E-state index contributed by atoms with van der Waals surface area (Å²) >= 11 is 0. The van der Waals surface area contributed by atoms with Crippen LogP contribution in [0, 0.1) is 7.43 Å². The van der Waals surface area contributed by atoms with Gasteiger partial charge in [0, 0.05) is 52.3 Å². The van der Waals surface area contributed by atoms with Crippen LogP contribution < -0.4 is 15.5 Å². The third kappa shape index (κ3) is 4.38. The van der Waals surface area contributed by atoms with Crippen LogP contribution in [-0.2, 0) is 33.5 Å². The molecule has 0 spiro atoms. The van der Waals surface area contributed by atoms with Crippen LogP contribution in [0.2, 0.25) is 0 Å². The second-order valence-electron chi connectivity index (χ2n) is 8.40. The Morgan fingerprint density at radius 1 is 1.15 bits per heavy atom. The fraction of sp³-hybridized carbons (Fsp3) is 0.417. The molecule has 0 saturated carbocycles. The van der Waals surface area contributed by atoms with Crippen LogP contribution in [0.3, 0.4) is 0 Å². The topological polar surface area (TPSA) is 83.9 Å². The Balaban J connectivity index is 0.00000153. The summed E-state index contributed by atoms with van der Waals surface area (Å²) in [5.74, 6) is -0.726. The smallest absolute Gasteiger partial charge is 0.275 e. The predicted octanol–water partition coefficient (Wildman–Crippen LogP) is 1.88. The zero-order valence-corrected chi connectivity index (χ0v) is 21.6. The Labute approximate surface area is 207 Å². The molecule has 33 heavy (non-hydrogen) atoms. The number of pyridine rings is 1. The van der Waals surface area contributed by atoms with Gasteiger partial charge in [-0.3, -0.25) is 19.3 Å². The van der Waals surface area contributed by atoms with Gasteiger partial charge in [0.2, 0.25) is 5.43 Å². The summed E-state index contributed by atoms with van der Waals surface area (Å²) in [6, 6.07) is 9.87. The fourth-order valence-electron chi connectivity index (χ4n) is 5.10. The monoisotopic (exact) mass is 624 g/mol. The minimum atomic E-state index is -0.553. The SMILES string of the molecule is COc1c2n(cc(C(=O)NCc3ccccc3)c1=O)C[C@H]1N(C[C@H]3CCCCN31)C2=O.[CH3-].[Re]. The average molecular weight is 624 g/mol. The number of benzene rings is 1. The van der Waals surface area contributed by atoms with Gasteiger partial charge in [-0.15, -0.1) is 0 Å². The summed E-state index contributed by atoms with van der Waals surface area (Å²) in [6.07, 6.45) is 4.86. The number of nitrogens with zero attached hydrogens (tertiary/aromatic N) is 3. The molecule has 0 aliphatic carbocycles. The molecule has 0 bridgehead atoms. The molecule has 4 heterocycles. The third-order valence-corrected chi connectivity index (χ3v) is 6.63. The number of carbonyl (C=O) groups is 2. The number of piperidine rings is 1. The van der Waals surface area contributed by atoms with E-state index in [1.165, 1.54) is 19.7 Å². The molecule has 1 N–H and O–H groups in total. The Kier molecular flexibility index (Phi) is 7.78. The molecule has 2 amide bonds. The maximum absolute atomic E-state index is 13.3. The Hall–Kier alpha value is -2.47. The predicted molar refractivity (Wildman–Crippen MR) is 120 cm³/mol. The number of nitrogens with one attached hydrogen (secondary N) is 1. The summed E-state index contributed by atoms with van der Waals surface area (Å²) in [6.45, 7) is 2.48. The summed E-state index contributed by atoms with van der Waals surface area (Å²) in [5, 5.41) is 2.80. The van der Waals surface area contributed by atoms with Crippen molar-refractivity contribution in [3.05, 3.63) is 71.0 Å². The van der Waals surface area contributed by atoms with Crippen LogP contribution in [-0.4, -0.2) is 58.6 Å². The number of amides is 2. The van der Waals surface area contributed by atoms with E-state index in [1.54, 1.807) is 4.57 Å². The molecule has 1 radical (unpaired) electrons. The van der Waals surface area contributed by atoms with Gasteiger partial charge in [-0.1, -0.05) is 36.8 Å². The van der Waals surface area contributed by atoms with Gasteiger partial charge in [-0.2, -0.15) is 0 Å². The first-order valence-corrected chi connectivity index (χ1v) is 10.8. The van der Waals surface area contributed by atoms with Crippen molar-refractivity contribution < 1.29 is 34.7 Å². The number of fused-ring (bicyclic) bond motifs is 4. The molecule has 3 aliphatic rings. The zero-order chi connectivity index (χ0) is 21.5. The van der Waals surface area contributed by atoms with E-state index < -0.39 is 11.3 Å². The van der Waals surface area contributed by atoms with Gasteiger partial charge in [-0.05, 0) is 18.4 Å². The fourth-order valence-corrected chi connectivity index (χ4v) is 5.10. The molecule has 2 atom stereocenters. The number of hydrogen-bond donors (Lipinski definition) is 1. The summed E-state index contributed by atoms with van der Waals surface area (Å²) in [7, 11) is 1.37. The summed E-state index contributed by atoms with van der Waals surface area (Å²) in [5.41, 5.74) is 0.617. The molecule has 8 nitrogen and oxygen atoms in total. The van der Waals surface area contributed by atoms with Crippen LogP contribution in [0.25, 0.3) is 0 Å². The van der Waals surface area contributed by atoms with Crippen LogP contribution in [0.5, 0.6) is 5.75 Å². The van der Waals surface area contributed by atoms with Crippen molar-refractivity contribution in [2.45, 2.75) is 44.6 Å². The average Bonchev–Trinajstić information content (AvgIpc) is 3.17. The normalized spacial score (nSPS) is 21.1. The Morgan fingerprint density at radius 2 is 1.91 bits per heavy atom. The van der Waals surface area contributed by atoms with E-state index in [9.17, 15) is 14.4 Å². The van der Waals surface area contributed by atoms with Gasteiger partial charge in [0.25, 0.3) is 11.8 Å². The van der Waals surface area contributed by atoms with Crippen molar-refractivity contribution >= 4 is 11.8 Å². The molecule has 1 aromatic heterocycles. The molecule has 1 aromatic carbocycles. The van der Waals surface area contributed by atoms with Gasteiger partial charge < -0.3 is 26.9 Å². The molecular weight excluding hydrogens is 594 g/mol. The second-order valence-corrected chi connectivity index (χ2v) is 8.40. The van der Waals surface area contributed by atoms with E-state index in [4.69, 9.17) is 4.74 Å². The van der Waals surface area contributed by atoms with E-state index in [2.05, 4.69) is 10.2 Å². The first-order chi connectivity index (χ1) is 15.1. The van der Waals surface area contributed by atoms with E-state index in [-0.39, 0.29) is 56.9 Å². The Morgan fingerprint density at radius 3 is 2.64 bits per heavy atom. The van der Waals surface area contributed by atoms with E-state index >= 15 is 0 Å². The largest absolute Gasteiger partial charge is 0.491 e.